The lowest BCUT2D eigenvalue weighted by atomic mass is 10.1. The molecule has 0 atom stereocenters. The molecule has 1 aromatic heterocycles. The van der Waals surface area contributed by atoms with Gasteiger partial charge >= 0.3 is 5.97 Å². The Balaban J connectivity index is 2.43. The summed E-state index contributed by atoms with van der Waals surface area (Å²) in [6, 6.07) is 5.75. The van der Waals surface area contributed by atoms with Crippen molar-refractivity contribution in [2.75, 3.05) is 0 Å². The topological polar surface area (TPSA) is 50.2 Å². The van der Waals surface area contributed by atoms with E-state index in [2.05, 4.69) is 4.98 Å². The maximum absolute atomic E-state index is 13.0. The van der Waals surface area contributed by atoms with Gasteiger partial charge in [-0.3, -0.25) is 4.98 Å². The van der Waals surface area contributed by atoms with Crippen LogP contribution in [0.3, 0.4) is 0 Å². The number of benzene rings is 1. The van der Waals surface area contributed by atoms with E-state index in [0.29, 0.717) is 5.69 Å². The predicted octanol–water partition coefficient (Wildman–Crippen LogP) is 2.73. The fourth-order valence-electron chi connectivity index (χ4n) is 1.39. The molecule has 0 fully saturated rings. The van der Waals surface area contributed by atoms with Crippen LogP contribution in [0.25, 0.3) is 11.3 Å². The standard InChI is InChI=1S/C12H7F2NO2/c13-9-3-8(4-10(14)5-9)11-2-1-7(6-15-11)12(16)17/h1-6H,(H,16,17). The molecule has 86 valence electrons. The third-order valence-electron chi connectivity index (χ3n) is 2.17. The van der Waals surface area contributed by atoms with Gasteiger partial charge in [-0.1, -0.05) is 0 Å². The Kier molecular flexibility index (Phi) is 2.82. The van der Waals surface area contributed by atoms with Crippen molar-refractivity contribution in [3.63, 3.8) is 0 Å². The molecular weight excluding hydrogens is 228 g/mol. The van der Waals surface area contributed by atoms with Gasteiger partial charge in [-0.2, -0.15) is 0 Å². The van der Waals surface area contributed by atoms with Crippen molar-refractivity contribution in [3.8, 4) is 11.3 Å². The lowest BCUT2D eigenvalue weighted by Gasteiger charge is -2.02. The van der Waals surface area contributed by atoms with Crippen molar-refractivity contribution in [2.45, 2.75) is 0 Å². The monoisotopic (exact) mass is 235 g/mol. The summed E-state index contributed by atoms with van der Waals surface area (Å²) in [4.78, 5) is 14.4. The van der Waals surface area contributed by atoms with Gasteiger partial charge < -0.3 is 5.11 Å². The number of nitrogens with zero attached hydrogens (tertiary/aromatic N) is 1. The molecule has 0 saturated carbocycles. The van der Waals surface area contributed by atoms with Crippen LogP contribution in [0.15, 0.2) is 36.5 Å². The zero-order valence-corrected chi connectivity index (χ0v) is 8.52. The van der Waals surface area contributed by atoms with E-state index < -0.39 is 17.6 Å². The second-order valence-electron chi connectivity index (χ2n) is 3.40. The van der Waals surface area contributed by atoms with Crippen molar-refractivity contribution >= 4 is 5.97 Å². The Labute approximate surface area is 95.4 Å². The van der Waals surface area contributed by atoms with Gasteiger partial charge in [-0.05, 0) is 24.3 Å². The van der Waals surface area contributed by atoms with E-state index >= 15 is 0 Å². The van der Waals surface area contributed by atoms with Gasteiger partial charge in [-0.25, -0.2) is 13.6 Å². The van der Waals surface area contributed by atoms with Crippen molar-refractivity contribution in [2.24, 2.45) is 0 Å². The van der Waals surface area contributed by atoms with Gasteiger partial charge in [0.2, 0.25) is 0 Å². The van der Waals surface area contributed by atoms with Crippen molar-refractivity contribution in [3.05, 3.63) is 53.7 Å². The third kappa shape index (κ3) is 2.44. The lowest BCUT2D eigenvalue weighted by molar-refractivity contribution is 0.0696. The number of aromatic carboxylic acids is 1. The molecule has 0 aliphatic carbocycles. The number of pyridine rings is 1. The first-order valence-electron chi connectivity index (χ1n) is 4.72. The summed E-state index contributed by atoms with van der Waals surface area (Å²) in [5, 5.41) is 8.67. The predicted molar refractivity (Wildman–Crippen MR) is 56.5 cm³/mol. The van der Waals surface area contributed by atoms with Crippen LogP contribution in [-0.2, 0) is 0 Å². The number of rotatable bonds is 2. The number of aromatic nitrogens is 1. The van der Waals surface area contributed by atoms with Crippen LogP contribution in [0.4, 0.5) is 8.78 Å². The van der Waals surface area contributed by atoms with Gasteiger partial charge in [-0.15, -0.1) is 0 Å². The van der Waals surface area contributed by atoms with Crippen LogP contribution < -0.4 is 0 Å². The molecule has 3 nitrogen and oxygen atoms in total. The molecule has 0 bridgehead atoms. The van der Waals surface area contributed by atoms with Crippen LogP contribution in [0.5, 0.6) is 0 Å². The Morgan fingerprint density at radius 2 is 1.76 bits per heavy atom. The Bertz CT molecular complexity index is 547. The molecule has 1 aromatic carbocycles. The maximum atomic E-state index is 13.0. The first-order valence-corrected chi connectivity index (χ1v) is 4.72. The zero-order valence-electron chi connectivity index (χ0n) is 8.52. The molecule has 1 N–H and O–H groups in total. The van der Waals surface area contributed by atoms with Crippen molar-refractivity contribution in [1.82, 2.24) is 4.98 Å². The number of carboxylic acid groups (broad SMARTS) is 1. The van der Waals surface area contributed by atoms with E-state index in [1.54, 1.807) is 0 Å². The number of carbonyl (C=O) groups is 1. The molecule has 0 spiro atoms. The van der Waals surface area contributed by atoms with Gasteiger partial charge in [0, 0.05) is 17.8 Å². The van der Waals surface area contributed by atoms with Crippen LogP contribution in [-0.4, -0.2) is 16.1 Å². The van der Waals surface area contributed by atoms with E-state index in [1.165, 1.54) is 12.1 Å². The van der Waals surface area contributed by atoms with Crippen LogP contribution >= 0.6 is 0 Å². The molecule has 0 aliphatic rings. The molecule has 0 aliphatic heterocycles. The molecule has 5 heteroatoms. The summed E-state index contributed by atoms with van der Waals surface area (Å²) in [6.45, 7) is 0. The molecule has 17 heavy (non-hydrogen) atoms. The Morgan fingerprint density at radius 3 is 2.24 bits per heavy atom. The van der Waals surface area contributed by atoms with Gasteiger partial charge in [0.05, 0.1) is 11.3 Å². The highest BCUT2D eigenvalue weighted by atomic mass is 19.1. The van der Waals surface area contributed by atoms with Crippen LogP contribution in [0, 0.1) is 11.6 Å². The smallest absolute Gasteiger partial charge is 0.337 e. The normalized spacial score (nSPS) is 10.2. The largest absolute Gasteiger partial charge is 0.478 e. The van der Waals surface area contributed by atoms with E-state index in [0.717, 1.165) is 24.4 Å². The average molecular weight is 235 g/mol. The van der Waals surface area contributed by atoms with Gasteiger partial charge in [0.1, 0.15) is 11.6 Å². The summed E-state index contributed by atoms with van der Waals surface area (Å²) >= 11 is 0. The van der Waals surface area contributed by atoms with E-state index in [-0.39, 0.29) is 11.1 Å². The molecule has 0 radical (unpaired) electrons. The zero-order chi connectivity index (χ0) is 12.4. The first kappa shape index (κ1) is 11.2. The molecule has 1 heterocycles. The second kappa shape index (κ2) is 4.29. The molecule has 2 aromatic rings. The fraction of sp³-hybridized carbons (Fsp3) is 0. The highest BCUT2D eigenvalue weighted by Crippen LogP contribution is 2.19. The van der Waals surface area contributed by atoms with E-state index in [9.17, 15) is 13.6 Å². The minimum absolute atomic E-state index is 0.0191. The molecular formula is C12H7F2NO2. The van der Waals surface area contributed by atoms with Gasteiger partial charge in [0.25, 0.3) is 0 Å². The van der Waals surface area contributed by atoms with E-state index in [1.807, 2.05) is 0 Å². The Morgan fingerprint density at radius 1 is 1.12 bits per heavy atom. The summed E-state index contributed by atoms with van der Waals surface area (Å²) in [6.07, 6.45) is 1.14. The van der Waals surface area contributed by atoms with Crippen LogP contribution in [0.2, 0.25) is 0 Å². The molecule has 0 unspecified atom stereocenters. The number of hydrogen-bond acceptors (Lipinski definition) is 2. The minimum atomic E-state index is -1.10. The SMILES string of the molecule is O=C(O)c1ccc(-c2cc(F)cc(F)c2)nc1. The fourth-order valence-corrected chi connectivity index (χ4v) is 1.39. The number of halogens is 2. The molecule has 0 saturated heterocycles. The minimum Gasteiger partial charge on any atom is -0.478 e. The summed E-state index contributed by atoms with van der Waals surface area (Å²) in [5.74, 6) is -2.51. The molecule has 0 amide bonds. The summed E-state index contributed by atoms with van der Waals surface area (Å²) in [5.41, 5.74) is 0.596. The molecule has 2 rings (SSSR count). The highest BCUT2D eigenvalue weighted by molar-refractivity contribution is 5.87. The van der Waals surface area contributed by atoms with Crippen LogP contribution in [0.1, 0.15) is 10.4 Å². The van der Waals surface area contributed by atoms with Gasteiger partial charge in [0.15, 0.2) is 0 Å². The number of carboxylic acids is 1. The first-order chi connectivity index (χ1) is 8.06. The van der Waals surface area contributed by atoms with E-state index in [4.69, 9.17) is 5.11 Å². The second-order valence-corrected chi connectivity index (χ2v) is 3.40. The lowest BCUT2D eigenvalue weighted by Crippen LogP contribution is -1.97. The number of hydrogen-bond donors (Lipinski definition) is 1. The van der Waals surface area contributed by atoms with Crippen molar-refractivity contribution in [1.29, 1.82) is 0 Å². The van der Waals surface area contributed by atoms with Crippen molar-refractivity contribution < 1.29 is 18.7 Å². The maximum Gasteiger partial charge on any atom is 0.337 e. The third-order valence-corrected chi connectivity index (χ3v) is 2.17. The quantitative estimate of drug-likeness (QED) is 0.870. The average Bonchev–Trinajstić information content (AvgIpc) is 2.28. The summed E-state index contributed by atoms with van der Waals surface area (Å²) < 4.78 is 25.9. The Hall–Kier alpha value is -2.30. The highest BCUT2D eigenvalue weighted by Gasteiger charge is 2.06. The summed E-state index contributed by atoms with van der Waals surface area (Å²) in [7, 11) is 0.